The van der Waals surface area contributed by atoms with E-state index in [9.17, 15) is 0 Å². The van der Waals surface area contributed by atoms with Gasteiger partial charge in [-0.1, -0.05) is 32.6 Å². The van der Waals surface area contributed by atoms with Crippen LogP contribution in [-0.2, 0) is 0 Å². The zero-order valence-corrected chi connectivity index (χ0v) is 8.54. The van der Waals surface area contributed by atoms with Gasteiger partial charge in [0.2, 0.25) is 0 Å². The fourth-order valence-electron chi connectivity index (χ4n) is 0.982. The fourth-order valence-corrected chi connectivity index (χ4v) is 1.08. The summed E-state index contributed by atoms with van der Waals surface area (Å²) in [5, 5.41) is 3.54. The van der Waals surface area contributed by atoms with E-state index in [1.54, 1.807) is 0 Å². The number of unbranched alkanes of at least 4 members (excludes halogenated alkanes) is 4. The quantitative estimate of drug-likeness (QED) is 0.255. The van der Waals surface area contributed by atoms with Gasteiger partial charge in [0.1, 0.15) is 0 Å². The summed E-state index contributed by atoms with van der Waals surface area (Å²) >= 11 is 4.81. The summed E-state index contributed by atoms with van der Waals surface area (Å²) in [6.07, 6.45) is 6.38. The molecule has 0 saturated carbocycles. The van der Waals surface area contributed by atoms with Crippen LogP contribution in [0.15, 0.2) is 0 Å². The Morgan fingerprint density at radius 2 is 1.92 bits per heavy atom. The molecule has 3 nitrogen and oxygen atoms in total. The lowest BCUT2D eigenvalue weighted by atomic mass is 10.1. The predicted octanol–water partition coefficient (Wildman–Crippen LogP) is 1.29. The Morgan fingerprint density at radius 3 is 2.50 bits per heavy atom. The smallest absolute Gasteiger partial charge is 0.180 e. The molecule has 0 unspecified atom stereocenters. The van der Waals surface area contributed by atoms with Crippen LogP contribution in [0.3, 0.4) is 0 Å². The average Bonchev–Trinajstić information content (AvgIpc) is 2.10. The van der Waals surface area contributed by atoms with Crippen LogP contribution in [0.2, 0.25) is 0 Å². The molecule has 0 saturated heterocycles. The Bertz CT molecular complexity index is 117. The molecular weight excluding hydrogens is 170 g/mol. The number of hydrogen-bond donors (Lipinski definition) is 3. The van der Waals surface area contributed by atoms with Crippen molar-refractivity contribution in [2.75, 3.05) is 6.54 Å². The van der Waals surface area contributed by atoms with Crippen molar-refractivity contribution in [2.45, 2.75) is 39.0 Å². The minimum absolute atomic E-state index is 0.533. The number of thiocarbonyl (C=S) groups is 1. The summed E-state index contributed by atoms with van der Waals surface area (Å²) < 4.78 is 0. The summed E-state index contributed by atoms with van der Waals surface area (Å²) in [7, 11) is 0. The second kappa shape index (κ2) is 8.74. The lowest BCUT2D eigenvalue weighted by molar-refractivity contribution is 0.622. The van der Waals surface area contributed by atoms with Gasteiger partial charge in [0.25, 0.3) is 0 Å². The van der Waals surface area contributed by atoms with Gasteiger partial charge in [0, 0.05) is 6.54 Å². The first kappa shape index (κ1) is 11.6. The average molecular weight is 189 g/mol. The van der Waals surface area contributed by atoms with E-state index >= 15 is 0 Å². The van der Waals surface area contributed by atoms with E-state index in [1.165, 1.54) is 32.1 Å². The molecule has 0 atom stereocenters. The molecule has 4 N–H and O–H groups in total. The molecule has 0 heterocycles. The third kappa shape index (κ3) is 7.75. The number of nitrogens with one attached hydrogen (secondary N) is 2. The molecule has 0 aliphatic rings. The molecule has 0 aromatic carbocycles. The molecule has 12 heavy (non-hydrogen) atoms. The first-order chi connectivity index (χ1) is 5.81. The van der Waals surface area contributed by atoms with E-state index in [4.69, 9.17) is 18.1 Å². The first-order valence-corrected chi connectivity index (χ1v) is 4.96. The second-order valence-electron chi connectivity index (χ2n) is 2.81. The highest BCUT2D eigenvalue weighted by molar-refractivity contribution is 7.80. The van der Waals surface area contributed by atoms with Gasteiger partial charge in [-0.15, -0.1) is 0 Å². The van der Waals surface area contributed by atoms with Crippen molar-refractivity contribution in [3.8, 4) is 0 Å². The van der Waals surface area contributed by atoms with Gasteiger partial charge in [-0.2, -0.15) is 0 Å². The summed E-state index contributed by atoms with van der Waals surface area (Å²) in [5.41, 5.74) is 2.39. The van der Waals surface area contributed by atoms with Crippen LogP contribution in [0.25, 0.3) is 0 Å². The van der Waals surface area contributed by atoms with Crippen LogP contribution in [0.5, 0.6) is 0 Å². The van der Waals surface area contributed by atoms with Crippen LogP contribution >= 0.6 is 12.2 Å². The number of hydrazine groups is 1. The van der Waals surface area contributed by atoms with E-state index in [0.717, 1.165) is 6.54 Å². The Balaban J connectivity index is 2.95. The van der Waals surface area contributed by atoms with Crippen molar-refractivity contribution in [3.05, 3.63) is 0 Å². The standard InChI is InChI=1S/C8H19N3S/c1-2-3-4-5-6-7-10-8(12)11-9/h2-7,9H2,1H3,(H2,10,11,12). The van der Waals surface area contributed by atoms with Crippen molar-refractivity contribution >= 4 is 17.3 Å². The maximum absolute atomic E-state index is 5.08. The Kier molecular flexibility index (Phi) is 8.49. The monoisotopic (exact) mass is 189 g/mol. The van der Waals surface area contributed by atoms with Crippen LogP contribution in [0, 0.1) is 0 Å². The molecule has 0 spiro atoms. The highest BCUT2D eigenvalue weighted by atomic mass is 32.1. The normalized spacial score (nSPS) is 9.50. The summed E-state index contributed by atoms with van der Waals surface area (Å²) in [4.78, 5) is 0. The van der Waals surface area contributed by atoms with Gasteiger partial charge in [0.15, 0.2) is 5.11 Å². The van der Waals surface area contributed by atoms with Crippen molar-refractivity contribution in [1.29, 1.82) is 0 Å². The van der Waals surface area contributed by atoms with Crippen molar-refractivity contribution in [2.24, 2.45) is 5.84 Å². The van der Waals surface area contributed by atoms with Crippen LogP contribution in [-0.4, -0.2) is 11.7 Å². The maximum Gasteiger partial charge on any atom is 0.180 e. The van der Waals surface area contributed by atoms with Gasteiger partial charge in [0.05, 0.1) is 0 Å². The number of hydrogen-bond acceptors (Lipinski definition) is 2. The highest BCUT2D eigenvalue weighted by Crippen LogP contribution is 2.00. The molecule has 0 bridgehead atoms. The molecule has 0 aromatic heterocycles. The molecule has 0 amide bonds. The molecule has 0 fully saturated rings. The lowest BCUT2D eigenvalue weighted by Crippen LogP contribution is -2.39. The Hall–Kier alpha value is -0.350. The third-order valence-electron chi connectivity index (χ3n) is 1.70. The predicted molar refractivity (Wildman–Crippen MR) is 56.7 cm³/mol. The molecule has 72 valence electrons. The number of nitrogens with two attached hydrogens (primary N) is 1. The van der Waals surface area contributed by atoms with E-state index in [-0.39, 0.29) is 0 Å². The van der Waals surface area contributed by atoms with Crippen LogP contribution in [0.4, 0.5) is 0 Å². The van der Waals surface area contributed by atoms with Crippen molar-refractivity contribution in [1.82, 2.24) is 10.7 Å². The van der Waals surface area contributed by atoms with E-state index in [0.29, 0.717) is 5.11 Å². The fraction of sp³-hybridized carbons (Fsp3) is 0.875. The zero-order valence-electron chi connectivity index (χ0n) is 7.73. The Labute approximate surface area is 80.1 Å². The van der Waals surface area contributed by atoms with Crippen LogP contribution < -0.4 is 16.6 Å². The topological polar surface area (TPSA) is 50.1 Å². The third-order valence-corrected chi connectivity index (χ3v) is 1.96. The molecular formula is C8H19N3S. The van der Waals surface area contributed by atoms with Crippen LogP contribution in [0.1, 0.15) is 39.0 Å². The van der Waals surface area contributed by atoms with Gasteiger partial charge >= 0.3 is 0 Å². The highest BCUT2D eigenvalue weighted by Gasteiger charge is 1.90. The molecule has 0 aromatic rings. The van der Waals surface area contributed by atoms with Gasteiger partial charge in [-0.05, 0) is 18.6 Å². The van der Waals surface area contributed by atoms with Gasteiger partial charge in [-0.3, -0.25) is 0 Å². The van der Waals surface area contributed by atoms with E-state index < -0.39 is 0 Å². The summed E-state index contributed by atoms with van der Waals surface area (Å²) in [5.74, 6) is 5.08. The molecule has 0 aliphatic carbocycles. The molecule has 0 aliphatic heterocycles. The minimum Gasteiger partial charge on any atom is -0.362 e. The maximum atomic E-state index is 5.08. The molecule has 0 rings (SSSR count). The van der Waals surface area contributed by atoms with Gasteiger partial charge < -0.3 is 10.7 Å². The molecule has 4 heteroatoms. The van der Waals surface area contributed by atoms with Crippen molar-refractivity contribution in [3.63, 3.8) is 0 Å². The second-order valence-corrected chi connectivity index (χ2v) is 3.22. The zero-order chi connectivity index (χ0) is 9.23. The lowest BCUT2D eigenvalue weighted by Gasteiger charge is -2.05. The summed E-state index contributed by atoms with van der Waals surface area (Å²) in [6.45, 7) is 3.14. The Morgan fingerprint density at radius 1 is 1.25 bits per heavy atom. The minimum atomic E-state index is 0.533. The summed E-state index contributed by atoms with van der Waals surface area (Å²) in [6, 6.07) is 0. The van der Waals surface area contributed by atoms with E-state index in [2.05, 4.69) is 17.7 Å². The first-order valence-electron chi connectivity index (χ1n) is 4.55. The number of rotatable bonds is 6. The van der Waals surface area contributed by atoms with Crippen molar-refractivity contribution < 1.29 is 0 Å². The largest absolute Gasteiger partial charge is 0.362 e. The molecule has 0 radical (unpaired) electrons. The van der Waals surface area contributed by atoms with E-state index in [1.807, 2.05) is 0 Å². The SMILES string of the molecule is CCCCCCCNC(=S)NN. The van der Waals surface area contributed by atoms with Gasteiger partial charge in [-0.25, -0.2) is 5.84 Å².